The van der Waals surface area contributed by atoms with Gasteiger partial charge >= 0.3 is 5.97 Å². The summed E-state index contributed by atoms with van der Waals surface area (Å²) in [7, 11) is 0. The Kier molecular flexibility index (Phi) is 7.00. The number of rotatable bonds is 10. The number of aliphatic carboxylic acids is 1. The van der Waals surface area contributed by atoms with E-state index in [1.165, 1.54) is 12.8 Å². The van der Waals surface area contributed by atoms with E-state index in [1.807, 2.05) is 36.4 Å². The molecular weight excluding hydrogens is 508 g/mol. The van der Waals surface area contributed by atoms with E-state index >= 15 is 0 Å². The van der Waals surface area contributed by atoms with Gasteiger partial charge in [-0.05, 0) is 61.4 Å². The summed E-state index contributed by atoms with van der Waals surface area (Å²) in [6, 6.07) is 11.2. The lowest BCUT2D eigenvalue weighted by Gasteiger charge is -2.47. The van der Waals surface area contributed by atoms with E-state index in [-0.39, 0.29) is 11.0 Å². The number of carbonyl (C=O) groups is 2. The number of imidazole rings is 1. The Morgan fingerprint density at radius 2 is 1.90 bits per heavy atom. The van der Waals surface area contributed by atoms with Crippen molar-refractivity contribution in [1.29, 1.82) is 0 Å². The predicted octanol–water partition coefficient (Wildman–Crippen LogP) is 5.84. The summed E-state index contributed by atoms with van der Waals surface area (Å²) < 4.78 is 2.14. The van der Waals surface area contributed by atoms with Gasteiger partial charge in [0.05, 0.1) is 10.3 Å². The van der Waals surface area contributed by atoms with Crippen molar-refractivity contribution in [3.05, 3.63) is 64.6 Å². The van der Waals surface area contributed by atoms with Gasteiger partial charge in [0.1, 0.15) is 17.4 Å². The summed E-state index contributed by atoms with van der Waals surface area (Å²) in [5.74, 6) is 1.03. The Bertz CT molecular complexity index is 1430. The number of benzene rings is 1. The van der Waals surface area contributed by atoms with Crippen molar-refractivity contribution < 1.29 is 14.7 Å². The summed E-state index contributed by atoms with van der Waals surface area (Å²) >= 11 is 1.56. The molecule has 3 aliphatic carbocycles. The van der Waals surface area contributed by atoms with Gasteiger partial charge in [0.25, 0.3) is 0 Å². The summed E-state index contributed by atoms with van der Waals surface area (Å²) in [6.07, 6.45) is 10.3. The molecule has 3 aliphatic rings. The minimum absolute atomic E-state index is 0.208. The number of allylic oxidation sites excluding steroid dienone is 2. The molecule has 2 saturated carbocycles. The van der Waals surface area contributed by atoms with Crippen LogP contribution in [0.1, 0.15) is 70.2 Å². The van der Waals surface area contributed by atoms with Gasteiger partial charge in [-0.1, -0.05) is 45.2 Å². The molecule has 8 heteroatoms. The standard InChI is InChI=1S/C31H36N4O3S/c1-19(2)39-26-27(31(28(26)36)14-4-3-5-15-31)34-24(30(37)38)17-20-10-12-22(13-11-20)35-25(18-21-8-9-21)33-23-7-6-16-32-29(23)35/h6-7,10-13,16,19,21,24,34H,3-5,8-9,14-15,17-18H2,1-2H3,(H,37,38)/t24-/m0/s1. The molecular formula is C31H36N4O3S. The van der Waals surface area contributed by atoms with E-state index in [0.29, 0.717) is 12.3 Å². The molecule has 0 unspecified atom stereocenters. The maximum Gasteiger partial charge on any atom is 0.326 e. The van der Waals surface area contributed by atoms with E-state index < -0.39 is 17.4 Å². The third-order valence-electron chi connectivity index (χ3n) is 8.31. The highest BCUT2D eigenvalue weighted by Gasteiger charge is 2.54. The van der Waals surface area contributed by atoms with Crippen LogP contribution < -0.4 is 5.32 Å². The molecule has 1 atom stereocenters. The van der Waals surface area contributed by atoms with E-state index in [9.17, 15) is 14.7 Å². The molecule has 39 heavy (non-hydrogen) atoms. The third-order valence-corrected chi connectivity index (χ3v) is 9.41. The lowest BCUT2D eigenvalue weighted by molar-refractivity contribution is -0.140. The second-order valence-electron chi connectivity index (χ2n) is 11.6. The Balaban J connectivity index is 1.25. The van der Waals surface area contributed by atoms with Crippen LogP contribution in [0.3, 0.4) is 0 Å². The fraction of sp³-hybridized carbons (Fsp3) is 0.484. The lowest BCUT2D eigenvalue weighted by Crippen LogP contribution is -2.54. The Labute approximate surface area is 233 Å². The fourth-order valence-electron chi connectivity index (χ4n) is 6.12. The number of hydrogen-bond donors (Lipinski definition) is 2. The Morgan fingerprint density at radius 3 is 2.56 bits per heavy atom. The summed E-state index contributed by atoms with van der Waals surface area (Å²) in [5.41, 5.74) is 4.01. The zero-order valence-electron chi connectivity index (χ0n) is 22.7. The number of fused-ring (bicyclic) bond motifs is 1. The van der Waals surface area contributed by atoms with E-state index in [2.05, 4.69) is 28.7 Å². The Morgan fingerprint density at radius 1 is 1.15 bits per heavy atom. The SMILES string of the molecule is CC(C)SC1=C(N[C@@H](Cc2ccc(-n3c(CC4CC4)nc4cccnc43)cc2)C(=O)O)C2(CCCCC2)C1=O. The molecule has 0 aliphatic heterocycles. The zero-order valence-corrected chi connectivity index (χ0v) is 23.5. The first-order valence-electron chi connectivity index (χ1n) is 14.2. The quantitative estimate of drug-likeness (QED) is 0.331. The van der Waals surface area contributed by atoms with Gasteiger partial charge in [-0.25, -0.2) is 14.8 Å². The number of aromatic nitrogens is 3. The molecule has 2 fully saturated rings. The first kappa shape index (κ1) is 26.1. The molecule has 0 radical (unpaired) electrons. The minimum Gasteiger partial charge on any atom is -0.480 e. The van der Waals surface area contributed by atoms with Crippen LogP contribution in [0.5, 0.6) is 0 Å². The second kappa shape index (κ2) is 10.5. The van der Waals surface area contributed by atoms with Gasteiger partial charge in [0.15, 0.2) is 11.4 Å². The lowest BCUT2D eigenvalue weighted by atomic mass is 9.62. The smallest absolute Gasteiger partial charge is 0.326 e. The van der Waals surface area contributed by atoms with Gasteiger partial charge in [0, 0.05) is 35.7 Å². The summed E-state index contributed by atoms with van der Waals surface area (Å²) in [5, 5.41) is 13.8. The molecule has 6 rings (SSSR count). The molecule has 1 spiro atoms. The van der Waals surface area contributed by atoms with Crippen molar-refractivity contribution in [3.8, 4) is 5.69 Å². The van der Waals surface area contributed by atoms with E-state index in [0.717, 1.165) is 77.4 Å². The number of carbonyl (C=O) groups excluding carboxylic acids is 1. The monoisotopic (exact) mass is 544 g/mol. The molecule has 3 aromatic rings. The van der Waals surface area contributed by atoms with Gasteiger partial charge in [-0.3, -0.25) is 9.36 Å². The van der Waals surface area contributed by atoms with Crippen molar-refractivity contribution in [2.75, 3.05) is 0 Å². The van der Waals surface area contributed by atoms with Crippen LogP contribution in [-0.4, -0.2) is 42.7 Å². The number of ketones is 1. The van der Waals surface area contributed by atoms with Crippen LogP contribution in [-0.2, 0) is 22.4 Å². The molecule has 0 amide bonds. The van der Waals surface area contributed by atoms with Crippen molar-refractivity contribution >= 4 is 34.7 Å². The molecule has 7 nitrogen and oxygen atoms in total. The molecule has 1 aromatic carbocycles. The predicted molar refractivity (Wildman–Crippen MR) is 154 cm³/mol. The first-order chi connectivity index (χ1) is 18.9. The highest BCUT2D eigenvalue weighted by molar-refractivity contribution is 8.04. The Hall–Kier alpha value is -3.13. The highest BCUT2D eigenvalue weighted by atomic mass is 32.2. The molecule has 0 saturated heterocycles. The van der Waals surface area contributed by atoms with Crippen LogP contribution in [0, 0.1) is 11.3 Å². The maximum absolute atomic E-state index is 13.3. The number of nitrogens with zero attached hydrogens (tertiary/aromatic N) is 3. The van der Waals surface area contributed by atoms with Crippen LogP contribution >= 0.6 is 11.8 Å². The van der Waals surface area contributed by atoms with E-state index in [1.54, 1.807) is 18.0 Å². The van der Waals surface area contributed by atoms with Crippen molar-refractivity contribution in [2.24, 2.45) is 11.3 Å². The molecule has 0 bridgehead atoms. The van der Waals surface area contributed by atoms with Crippen molar-refractivity contribution in [3.63, 3.8) is 0 Å². The number of thioether (sulfide) groups is 1. The number of nitrogens with one attached hydrogen (secondary N) is 1. The average molecular weight is 545 g/mol. The molecule has 2 aromatic heterocycles. The van der Waals surface area contributed by atoms with Crippen LogP contribution in [0.4, 0.5) is 0 Å². The van der Waals surface area contributed by atoms with Gasteiger partial charge in [-0.15, -0.1) is 11.8 Å². The number of pyridine rings is 1. The number of carboxylic acids is 1. The molecule has 2 heterocycles. The van der Waals surface area contributed by atoms with E-state index in [4.69, 9.17) is 4.98 Å². The van der Waals surface area contributed by atoms with Crippen LogP contribution in [0.25, 0.3) is 16.9 Å². The van der Waals surface area contributed by atoms with Gasteiger partial charge in [0.2, 0.25) is 0 Å². The van der Waals surface area contributed by atoms with Gasteiger partial charge in [-0.2, -0.15) is 0 Å². The van der Waals surface area contributed by atoms with Crippen molar-refractivity contribution in [1.82, 2.24) is 19.9 Å². The zero-order chi connectivity index (χ0) is 27.1. The molecule has 204 valence electrons. The van der Waals surface area contributed by atoms with Gasteiger partial charge < -0.3 is 10.4 Å². The topological polar surface area (TPSA) is 97.1 Å². The largest absolute Gasteiger partial charge is 0.480 e. The normalized spacial score (nSPS) is 19.5. The fourth-order valence-corrected chi connectivity index (χ4v) is 7.27. The highest BCUT2D eigenvalue weighted by Crippen LogP contribution is 2.55. The second-order valence-corrected chi connectivity index (χ2v) is 13.2. The molecule has 2 N–H and O–H groups in total. The van der Waals surface area contributed by atoms with Crippen LogP contribution in [0.15, 0.2) is 53.2 Å². The summed E-state index contributed by atoms with van der Waals surface area (Å²) in [6.45, 7) is 4.14. The minimum atomic E-state index is -0.901. The summed E-state index contributed by atoms with van der Waals surface area (Å²) in [4.78, 5) is 35.9. The number of Topliss-reactive ketones (excluding diaryl/α,β-unsaturated/α-hetero) is 1. The van der Waals surface area contributed by atoms with Crippen molar-refractivity contribution in [2.45, 2.75) is 82.9 Å². The maximum atomic E-state index is 13.3. The average Bonchev–Trinajstić information content (AvgIpc) is 3.68. The van der Waals surface area contributed by atoms with Crippen LogP contribution in [0.2, 0.25) is 0 Å². The first-order valence-corrected chi connectivity index (χ1v) is 15.1. The third kappa shape index (κ3) is 4.99. The number of hydrogen-bond acceptors (Lipinski definition) is 6. The number of carboxylic acid groups (broad SMARTS) is 1.